The van der Waals surface area contributed by atoms with Crippen molar-refractivity contribution in [3.05, 3.63) is 277 Å². The number of para-hydroxylation sites is 3. The predicted molar refractivity (Wildman–Crippen MR) is 358 cm³/mol. The first-order valence-corrected chi connectivity index (χ1v) is 29.2. The van der Waals surface area contributed by atoms with Gasteiger partial charge in [-0.25, -0.2) is 0 Å². The van der Waals surface area contributed by atoms with Crippen LogP contribution in [0.3, 0.4) is 0 Å². The van der Waals surface area contributed by atoms with E-state index in [2.05, 4.69) is 255 Å². The molecule has 8 heteroatoms. The van der Waals surface area contributed by atoms with E-state index in [9.17, 15) is 21.0 Å². The van der Waals surface area contributed by atoms with Crippen molar-refractivity contribution in [3.8, 4) is 58.2 Å². The highest BCUT2D eigenvalue weighted by molar-refractivity contribution is 6.26. The number of rotatable bonds is 5. The van der Waals surface area contributed by atoms with Crippen LogP contribution in [0.15, 0.2) is 255 Å². The third kappa shape index (κ3) is 6.63. The van der Waals surface area contributed by atoms with Crippen molar-refractivity contribution in [2.24, 2.45) is 0 Å². The zero-order valence-electron chi connectivity index (χ0n) is 46.8. The van der Waals surface area contributed by atoms with Crippen LogP contribution in [0, 0.1) is 45.3 Å². The molecule has 0 aliphatic carbocycles. The van der Waals surface area contributed by atoms with Crippen LogP contribution in [0.2, 0.25) is 0 Å². The molecule has 88 heavy (non-hydrogen) atoms. The first kappa shape index (κ1) is 48.8. The molecule has 0 atom stereocenters. The molecule has 0 N–H and O–H groups in total. The summed E-state index contributed by atoms with van der Waals surface area (Å²) in [5.41, 5.74) is 13.9. The Balaban J connectivity index is 0.840. The highest BCUT2D eigenvalue weighted by Gasteiger charge is 2.28. The molecule has 0 bridgehead atoms. The molecule has 0 fully saturated rings. The van der Waals surface area contributed by atoms with E-state index in [0.717, 1.165) is 141 Å². The molecule has 0 spiro atoms. The summed E-state index contributed by atoms with van der Waals surface area (Å²) in [6.07, 6.45) is 0. The summed E-state index contributed by atoms with van der Waals surface area (Å²) in [7, 11) is 0. The predicted octanol–water partition coefficient (Wildman–Crippen LogP) is 19.8. The SMILES string of the molecule is N#Cc1cc(C#N)c(-n2c3ccc(-c4ccc5c(ccc6c5c5ccccc5n6-c5c(C#N)ccc(C#N)c5-n5c6ccccc6c6c7ccccc7ccc65)c4)cc3c3c4ccccc4ccc32)cc1-n1c2ccccc2c2c3ccccc3ccc21. The van der Waals surface area contributed by atoms with Crippen molar-refractivity contribution in [1.82, 2.24) is 18.3 Å². The average molecular weight is 1120 g/mol. The third-order valence-electron chi connectivity index (χ3n) is 18.4. The number of nitrogens with zero attached hydrogens (tertiary/aromatic N) is 8. The molecule has 4 aromatic heterocycles. The smallest absolute Gasteiger partial charge is 0.101 e. The van der Waals surface area contributed by atoms with Crippen LogP contribution >= 0.6 is 0 Å². The molecule has 0 aliphatic heterocycles. The van der Waals surface area contributed by atoms with Gasteiger partial charge >= 0.3 is 0 Å². The van der Waals surface area contributed by atoms with Gasteiger partial charge in [-0.1, -0.05) is 170 Å². The Kier molecular flexibility index (Phi) is 10.2. The Morgan fingerprint density at radius 2 is 0.545 bits per heavy atom. The summed E-state index contributed by atoms with van der Waals surface area (Å²) >= 11 is 0. The normalized spacial score (nSPS) is 11.8. The van der Waals surface area contributed by atoms with Crippen LogP contribution in [0.4, 0.5) is 0 Å². The first-order valence-electron chi connectivity index (χ1n) is 29.2. The number of hydrogen-bond donors (Lipinski definition) is 0. The first-order chi connectivity index (χ1) is 43.5. The molecule has 0 aliphatic rings. The quantitative estimate of drug-likeness (QED) is 0.171. The van der Waals surface area contributed by atoms with Gasteiger partial charge in [0.15, 0.2) is 0 Å². The maximum Gasteiger partial charge on any atom is 0.101 e. The van der Waals surface area contributed by atoms with Crippen LogP contribution in [0.5, 0.6) is 0 Å². The number of nitriles is 4. The van der Waals surface area contributed by atoms with Gasteiger partial charge in [0.05, 0.1) is 89.1 Å². The molecular weight excluding hydrogens is 1070 g/mol. The van der Waals surface area contributed by atoms with E-state index in [1.54, 1.807) is 18.2 Å². The van der Waals surface area contributed by atoms with Crippen LogP contribution in [0.25, 0.3) is 164 Å². The van der Waals surface area contributed by atoms with Gasteiger partial charge in [-0.05, 0) is 139 Å². The second-order valence-electron chi connectivity index (χ2n) is 22.8. The number of hydrogen-bond acceptors (Lipinski definition) is 4. The second-order valence-corrected chi connectivity index (χ2v) is 22.8. The third-order valence-corrected chi connectivity index (χ3v) is 18.4. The Morgan fingerprint density at radius 1 is 0.216 bits per heavy atom. The summed E-state index contributed by atoms with van der Waals surface area (Å²) in [5, 5.41) is 61.6. The van der Waals surface area contributed by atoms with Crippen molar-refractivity contribution in [2.45, 2.75) is 0 Å². The molecule has 8 nitrogen and oxygen atoms in total. The highest BCUT2D eigenvalue weighted by atomic mass is 15.1. The van der Waals surface area contributed by atoms with Gasteiger partial charge in [0, 0.05) is 43.1 Å². The molecule has 0 radical (unpaired) electrons. The molecule has 14 aromatic carbocycles. The molecule has 0 saturated carbocycles. The van der Waals surface area contributed by atoms with Crippen LogP contribution < -0.4 is 0 Å². The topological polar surface area (TPSA) is 115 Å². The van der Waals surface area contributed by atoms with E-state index >= 15 is 0 Å². The molecule has 4 heterocycles. The summed E-state index contributed by atoms with van der Waals surface area (Å²) < 4.78 is 8.78. The molecule has 0 amide bonds. The van der Waals surface area contributed by atoms with Crippen molar-refractivity contribution in [1.29, 1.82) is 21.0 Å². The lowest BCUT2D eigenvalue weighted by molar-refractivity contribution is 1.08. The zero-order valence-corrected chi connectivity index (χ0v) is 46.8. The summed E-state index contributed by atoms with van der Waals surface area (Å²) in [6.45, 7) is 0. The monoisotopic (exact) mass is 1110 g/mol. The highest BCUT2D eigenvalue weighted by Crippen LogP contribution is 2.47. The second kappa shape index (κ2) is 18.4. The minimum atomic E-state index is 0.392. The maximum atomic E-state index is 11.2. The van der Waals surface area contributed by atoms with Gasteiger partial charge in [0.1, 0.15) is 24.3 Å². The number of benzene rings is 14. The lowest BCUT2D eigenvalue weighted by Crippen LogP contribution is -2.08. The van der Waals surface area contributed by atoms with Gasteiger partial charge in [0.25, 0.3) is 0 Å². The summed E-state index contributed by atoms with van der Waals surface area (Å²) in [6, 6.07) is 98.3. The fourth-order valence-corrected chi connectivity index (χ4v) is 14.8. The van der Waals surface area contributed by atoms with Crippen molar-refractivity contribution in [2.75, 3.05) is 0 Å². The Morgan fingerprint density at radius 3 is 1.00 bits per heavy atom. The minimum absolute atomic E-state index is 0.392. The Hall–Kier alpha value is -12.7. The molecule has 0 unspecified atom stereocenters. The van der Waals surface area contributed by atoms with Gasteiger partial charge in [-0.3, -0.25) is 0 Å². The summed E-state index contributed by atoms with van der Waals surface area (Å²) in [4.78, 5) is 0. The maximum absolute atomic E-state index is 11.2. The van der Waals surface area contributed by atoms with E-state index < -0.39 is 0 Å². The summed E-state index contributed by atoms with van der Waals surface area (Å²) in [5.74, 6) is 0. The Labute approximate surface area is 502 Å². The standard InChI is InChI=1S/C80H42N8/c81-43-53-25-26-54(44-82)80(79(53)87-66-23-11-8-20-62(66)76-58-17-5-2-14-48(58)30-37-71(76)87)88-67-24-12-9-21-63(67)77-60-33-27-50(39-52(60)32-38-72(77)88)51-31-34-68-64(41-51)78-59-18-6-3-15-49(59)29-36-70(78)86(68)74-42-73(55(45-83)40-56(74)46-84)85-65-22-10-7-19-61(65)75-57-16-4-1-13-47(57)28-35-69(75)85/h1-42H. The van der Waals surface area contributed by atoms with Gasteiger partial charge in [-0.15, -0.1) is 0 Å². The van der Waals surface area contributed by atoms with E-state index in [1.165, 1.54) is 0 Å². The van der Waals surface area contributed by atoms with Gasteiger partial charge in [-0.2, -0.15) is 21.0 Å². The molecule has 0 saturated heterocycles. The van der Waals surface area contributed by atoms with Gasteiger partial charge in [0.2, 0.25) is 0 Å². The molecule has 402 valence electrons. The van der Waals surface area contributed by atoms with Crippen molar-refractivity contribution in [3.63, 3.8) is 0 Å². The zero-order chi connectivity index (χ0) is 58.5. The molecule has 18 rings (SSSR count). The van der Waals surface area contributed by atoms with Crippen LogP contribution in [-0.2, 0) is 0 Å². The lowest BCUT2D eigenvalue weighted by Gasteiger charge is -2.19. The molecular formula is C80H42N8. The molecule has 18 aromatic rings. The van der Waals surface area contributed by atoms with E-state index in [4.69, 9.17) is 0 Å². The van der Waals surface area contributed by atoms with E-state index in [0.29, 0.717) is 45.0 Å². The lowest BCUT2D eigenvalue weighted by atomic mass is 9.96. The van der Waals surface area contributed by atoms with Gasteiger partial charge < -0.3 is 18.3 Å². The number of fused-ring (bicyclic) bond motifs is 20. The Bertz CT molecular complexity index is 6370. The van der Waals surface area contributed by atoms with E-state index in [-0.39, 0.29) is 0 Å². The van der Waals surface area contributed by atoms with Crippen LogP contribution in [0.1, 0.15) is 22.3 Å². The average Bonchev–Trinajstić information content (AvgIpc) is 1.78. The fourth-order valence-electron chi connectivity index (χ4n) is 14.8. The van der Waals surface area contributed by atoms with Crippen molar-refractivity contribution < 1.29 is 0 Å². The van der Waals surface area contributed by atoms with E-state index in [1.807, 2.05) is 24.3 Å². The number of aromatic nitrogens is 4. The van der Waals surface area contributed by atoms with Crippen LogP contribution in [-0.4, -0.2) is 18.3 Å². The van der Waals surface area contributed by atoms with Crippen molar-refractivity contribution >= 4 is 130 Å². The fraction of sp³-hybridized carbons (Fsp3) is 0. The minimum Gasteiger partial charge on any atom is -0.308 e. The largest absolute Gasteiger partial charge is 0.308 e.